The molecule has 0 saturated carbocycles. The average molecular weight is 364 g/mol. The molecule has 7 heteroatoms. The number of carbonyl (C=O) groups is 3. The van der Waals surface area contributed by atoms with Gasteiger partial charge in [-0.05, 0) is 51.0 Å². The Hall–Kier alpha value is -1.63. The third-order valence-corrected chi connectivity index (χ3v) is 5.81. The number of nitrogens with zero attached hydrogens (tertiary/aromatic N) is 2. The van der Waals surface area contributed by atoms with Crippen molar-refractivity contribution in [3.63, 3.8) is 0 Å². The lowest BCUT2D eigenvalue weighted by molar-refractivity contribution is -0.141. The highest BCUT2D eigenvalue weighted by molar-refractivity contribution is 5.85. The molecule has 0 radical (unpaired) electrons. The van der Waals surface area contributed by atoms with E-state index in [2.05, 4.69) is 10.6 Å². The molecule has 0 aromatic rings. The van der Waals surface area contributed by atoms with Crippen LogP contribution in [0.3, 0.4) is 0 Å². The van der Waals surface area contributed by atoms with Crippen molar-refractivity contribution in [2.24, 2.45) is 5.92 Å². The van der Waals surface area contributed by atoms with Crippen molar-refractivity contribution in [1.82, 2.24) is 20.4 Å². The van der Waals surface area contributed by atoms with E-state index in [1.54, 1.807) is 4.90 Å². The van der Waals surface area contributed by atoms with Gasteiger partial charge in [0.05, 0.1) is 12.6 Å². The fourth-order valence-electron chi connectivity index (χ4n) is 4.20. The lowest BCUT2D eigenvalue weighted by atomic mass is 9.97. The molecule has 2 N–H and O–H groups in total. The van der Waals surface area contributed by atoms with Crippen LogP contribution in [0.25, 0.3) is 0 Å². The minimum absolute atomic E-state index is 0.0498. The van der Waals surface area contributed by atoms with Crippen LogP contribution in [0.5, 0.6) is 0 Å². The summed E-state index contributed by atoms with van der Waals surface area (Å²) in [5.74, 6) is 0.550. The molecule has 3 fully saturated rings. The third-order valence-electron chi connectivity index (χ3n) is 5.81. The quantitative estimate of drug-likeness (QED) is 0.744. The van der Waals surface area contributed by atoms with Gasteiger partial charge in [0.25, 0.3) is 0 Å². The number of likely N-dealkylation sites (tertiary alicyclic amines) is 2. The van der Waals surface area contributed by atoms with Crippen molar-refractivity contribution in [1.29, 1.82) is 0 Å². The van der Waals surface area contributed by atoms with Crippen LogP contribution < -0.4 is 10.6 Å². The summed E-state index contributed by atoms with van der Waals surface area (Å²) in [6.07, 6.45) is 7.51. The van der Waals surface area contributed by atoms with Gasteiger partial charge >= 0.3 is 0 Å². The highest BCUT2D eigenvalue weighted by Gasteiger charge is 2.28. The molecule has 146 valence electrons. The maximum Gasteiger partial charge on any atom is 0.242 e. The molecule has 2 atom stereocenters. The van der Waals surface area contributed by atoms with Crippen LogP contribution in [0.1, 0.15) is 51.4 Å². The first-order chi connectivity index (χ1) is 12.6. The van der Waals surface area contributed by atoms with Crippen LogP contribution in [0.4, 0.5) is 0 Å². The molecule has 3 heterocycles. The molecule has 3 rings (SSSR count). The molecule has 3 aliphatic heterocycles. The fourth-order valence-corrected chi connectivity index (χ4v) is 4.20. The zero-order chi connectivity index (χ0) is 18.4. The normalized spacial score (nSPS) is 27.3. The van der Waals surface area contributed by atoms with Gasteiger partial charge in [-0.15, -0.1) is 0 Å². The minimum Gasteiger partial charge on any atom is -0.354 e. The lowest BCUT2D eigenvalue weighted by Gasteiger charge is -2.34. The van der Waals surface area contributed by atoms with E-state index in [4.69, 9.17) is 0 Å². The van der Waals surface area contributed by atoms with Crippen LogP contribution in [-0.4, -0.2) is 72.8 Å². The Balaban J connectivity index is 1.44. The predicted molar refractivity (Wildman–Crippen MR) is 98.4 cm³/mol. The van der Waals surface area contributed by atoms with Crippen LogP contribution >= 0.6 is 0 Å². The molecule has 3 aliphatic rings. The van der Waals surface area contributed by atoms with E-state index in [1.807, 2.05) is 4.90 Å². The van der Waals surface area contributed by atoms with Gasteiger partial charge in [-0.3, -0.25) is 14.4 Å². The monoisotopic (exact) mass is 364 g/mol. The number of rotatable bonds is 5. The standard InChI is InChI=1S/C19H32N4O3/c24-17-8-2-1-3-10-23(17)14-18(25)22-11-5-6-15(13-22)12-21-19(26)16-7-4-9-20-16/h15-16,20H,1-14H2,(H,21,26). The second-order valence-electron chi connectivity index (χ2n) is 7.87. The summed E-state index contributed by atoms with van der Waals surface area (Å²) in [6, 6.07) is -0.0506. The molecule has 0 aliphatic carbocycles. The number of amides is 3. The zero-order valence-corrected chi connectivity index (χ0v) is 15.7. The molecule has 0 aromatic carbocycles. The Labute approximate surface area is 155 Å². The Bertz CT molecular complexity index is 519. The fraction of sp³-hybridized carbons (Fsp3) is 0.842. The van der Waals surface area contributed by atoms with Gasteiger partial charge in [-0.2, -0.15) is 0 Å². The summed E-state index contributed by atoms with van der Waals surface area (Å²) in [5.41, 5.74) is 0. The van der Waals surface area contributed by atoms with Gasteiger partial charge < -0.3 is 20.4 Å². The van der Waals surface area contributed by atoms with Crippen molar-refractivity contribution in [2.45, 2.75) is 57.4 Å². The number of piperidine rings is 1. The molecule has 0 aromatic heterocycles. The minimum atomic E-state index is -0.0506. The second-order valence-corrected chi connectivity index (χ2v) is 7.87. The van der Waals surface area contributed by atoms with E-state index in [9.17, 15) is 14.4 Å². The Morgan fingerprint density at radius 1 is 1.08 bits per heavy atom. The van der Waals surface area contributed by atoms with Crippen molar-refractivity contribution in [3.8, 4) is 0 Å². The summed E-state index contributed by atoms with van der Waals surface area (Å²) in [6.45, 7) is 3.90. The summed E-state index contributed by atoms with van der Waals surface area (Å²) in [5, 5.41) is 6.26. The molecule has 3 amide bonds. The van der Waals surface area contributed by atoms with E-state index in [1.165, 1.54) is 0 Å². The highest BCUT2D eigenvalue weighted by atomic mass is 16.2. The van der Waals surface area contributed by atoms with E-state index in [0.717, 1.165) is 58.0 Å². The Morgan fingerprint density at radius 3 is 2.77 bits per heavy atom. The van der Waals surface area contributed by atoms with Crippen LogP contribution in [0.2, 0.25) is 0 Å². The predicted octanol–water partition coefficient (Wildman–Crippen LogP) is 0.496. The molecule has 0 bridgehead atoms. The maximum absolute atomic E-state index is 12.7. The van der Waals surface area contributed by atoms with Crippen LogP contribution in [0.15, 0.2) is 0 Å². The van der Waals surface area contributed by atoms with Crippen LogP contribution in [-0.2, 0) is 14.4 Å². The van der Waals surface area contributed by atoms with Crippen molar-refractivity contribution in [2.75, 3.05) is 39.3 Å². The van der Waals surface area contributed by atoms with E-state index < -0.39 is 0 Å². The smallest absolute Gasteiger partial charge is 0.242 e. The van der Waals surface area contributed by atoms with E-state index in [0.29, 0.717) is 32.0 Å². The molecule has 7 nitrogen and oxygen atoms in total. The first kappa shape index (κ1) is 19.1. The molecular weight excluding hydrogens is 332 g/mol. The Morgan fingerprint density at radius 2 is 1.96 bits per heavy atom. The number of hydrogen-bond acceptors (Lipinski definition) is 4. The summed E-state index contributed by atoms with van der Waals surface area (Å²) in [7, 11) is 0. The highest BCUT2D eigenvalue weighted by Crippen LogP contribution is 2.17. The van der Waals surface area contributed by atoms with Crippen molar-refractivity contribution in [3.05, 3.63) is 0 Å². The maximum atomic E-state index is 12.7. The number of nitrogens with one attached hydrogen (secondary N) is 2. The summed E-state index contributed by atoms with van der Waals surface area (Å²) < 4.78 is 0. The van der Waals surface area contributed by atoms with Crippen molar-refractivity contribution < 1.29 is 14.4 Å². The first-order valence-electron chi connectivity index (χ1n) is 10.2. The van der Waals surface area contributed by atoms with Gasteiger partial charge in [-0.1, -0.05) is 6.42 Å². The van der Waals surface area contributed by atoms with Gasteiger partial charge in [0.15, 0.2) is 0 Å². The average Bonchev–Trinajstić information content (AvgIpc) is 3.12. The summed E-state index contributed by atoms with van der Waals surface area (Å²) >= 11 is 0. The van der Waals surface area contributed by atoms with Gasteiger partial charge in [0.1, 0.15) is 0 Å². The SMILES string of the molecule is O=C(NCC1CCCN(C(=O)CN2CCCCCC2=O)C1)C1CCCN1. The van der Waals surface area contributed by atoms with Gasteiger partial charge in [0, 0.05) is 32.6 Å². The van der Waals surface area contributed by atoms with Gasteiger partial charge in [0.2, 0.25) is 17.7 Å². The molecule has 26 heavy (non-hydrogen) atoms. The number of carbonyl (C=O) groups excluding carboxylic acids is 3. The largest absolute Gasteiger partial charge is 0.354 e. The number of hydrogen-bond donors (Lipinski definition) is 2. The third kappa shape index (κ3) is 5.19. The summed E-state index contributed by atoms with van der Waals surface area (Å²) in [4.78, 5) is 40.5. The zero-order valence-electron chi connectivity index (χ0n) is 15.7. The molecule has 2 unspecified atom stereocenters. The molecule has 0 spiro atoms. The van der Waals surface area contributed by atoms with E-state index in [-0.39, 0.29) is 30.3 Å². The topological polar surface area (TPSA) is 81.8 Å². The Kier molecular flexibility index (Phi) is 6.88. The first-order valence-corrected chi connectivity index (χ1v) is 10.2. The van der Waals surface area contributed by atoms with Gasteiger partial charge in [-0.25, -0.2) is 0 Å². The molecular formula is C19H32N4O3. The van der Waals surface area contributed by atoms with E-state index >= 15 is 0 Å². The molecule has 3 saturated heterocycles. The van der Waals surface area contributed by atoms with Crippen LogP contribution in [0, 0.1) is 5.92 Å². The second kappa shape index (κ2) is 9.35. The lowest BCUT2D eigenvalue weighted by Crippen LogP contribution is -2.49. The van der Waals surface area contributed by atoms with Crippen molar-refractivity contribution >= 4 is 17.7 Å².